The summed E-state index contributed by atoms with van der Waals surface area (Å²) < 4.78 is 5.62. The van der Waals surface area contributed by atoms with Gasteiger partial charge in [-0.3, -0.25) is 9.69 Å². The molecule has 2 heterocycles. The lowest BCUT2D eigenvalue weighted by Gasteiger charge is -2.48. The maximum Gasteiger partial charge on any atom is 0.327 e. The molecule has 2 saturated heterocycles. The maximum atomic E-state index is 13.3. The van der Waals surface area contributed by atoms with Crippen molar-refractivity contribution in [1.29, 1.82) is 0 Å². The van der Waals surface area contributed by atoms with Gasteiger partial charge in [0.05, 0.1) is 19.1 Å². The smallest absolute Gasteiger partial charge is 0.327 e. The number of imide groups is 1. The van der Waals surface area contributed by atoms with Crippen LogP contribution in [0.2, 0.25) is 0 Å². The number of hydrogen-bond acceptors (Lipinski definition) is 3. The number of amides is 3. The molecule has 0 aromatic heterocycles. The van der Waals surface area contributed by atoms with Gasteiger partial charge in [0.1, 0.15) is 0 Å². The Hall–Kier alpha value is -1.88. The topological polar surface area (TPSA) is 49.9 Å². The van der Waals surface area contributed by atoms with Gasteiger partial charge < -0.3 is 9.64 Å². The van der Waals surface area contributed by atoms with Crippen LogP contribution in [-0.4, -0.2) is 47.5 Å². The highest BCUT2D eigenvalue weighted by atomic mass is 16.5. The van der Waals surface area contributed by atoms with Crippen LogP contribution in [-0.2, 0) is 16.1 Å². The summed E-state index contributed by atoms with van der Waals surface area (Å²) in [4.78, 5) is 29.8. The fraction of sp³-hybridized carbons (Fsp3) is 0.619. The molecule has 3 amide bonds. The lowest BCUT2D eigenvalue weighted by atomic mass is 9.80. The SMILES string of the molecule is O=C1C2CCCCC2N(CC2CCCOC2)C(=O)N1Cc1ccccc1. The predicted octanol–water partition coefficient (Wildman–Crippen LogP) is 3.44. The zero-order chi connectivity index (χ0) is 17.9. The van der Waals surface area contributed by atoms with E-state index in [1.807, 2.05) is 35.2 Å². The van der Waals surface area contributed by atoms with E-state index in [0.29, 0.717) is 12.5 Å². The first-order valence-electron chi connectivity index (χ1n) is 9.97. The first kappa shape index (κ1) is 17.5. The first-order chi connectivity index (χ1) is 12.7. The third-order valence-electron chi connectivity index (χ3n) is 6.08. The van der Waals surface area contributed by atoms with E-state index in [9.17, 15) is 9.59 Å². The van der Waals surface area contributed by atoms with Crippen molar-refractivity contribution >= 4 is 11.9 Å². The van der Waals surface area contributed by atoms with Crippen LogP contribution in [0.4, 0.5) is 4.79 Å². The van der Waals surface area contributed by atoms with E-state index in [0.717, 1.165) is 63.8 Å². The van der Waals surface area contributed by atoms with E-state index in [-0.39, 0.29) is 23.9 Å². The molecule has 0 spiro atoms. The predicted molar refractivity (Wildman–Crippen MR) is 98.4 cm³/mol. The number of hydrogen-bond donors (Lipinski definition) is 0. The van der Waals surface area contributed by atoms with Crippen molar-refractivity contribution in [2.45, 2.75) is 51.1 Å². The number of carbonyl (C=O) groups excluding carboxylic acids is 2. The van der Waals surface area contributed by atoms with Crippen LogP contribution in [0.15, 0.2) is 30.3 Å². The molecule has 0 N–H and O–H groups in total. The quantitative estimate of drug-likeness (QED) is 0.830. The summed E-state index contributed by atoms with van der Waals surface area (Å²) in [5.41, 5.74) is 1.00. The zero-order valence-electron chi connectivity index (χ0n) is 15.3. The molecule has 140 valence electrons. The molecule has 3 unspecified atom stereocenters. The standard InChI is InChI=1S/C21H28N2O3/c24-20-18-10-4-5-11-19(18)22(14-17-9-6-12-26-15-17)21(25)23(20)13-16-7-2-1-3-8-16/h1-3,7-8,17-19H,4-6,9-15H2. The Morgan fingerprint density at radius 3 is 2.58 bits per heavy atom. The van der Waals surface area contributed by atoms with Crippen LogP contribution in [0.3, 0.4) is 0 Å². The van der Waals surface area contributed by atoms with Crippen LogP contribution < -0.4 is 0 Å². The molecule has 5 heteroatoms. The van der Waals surface area contributed by atoms with Gasteiger partial charge in [0.25, 0.3) is 0 Å². The summed E-state index contributed by atoms with van der Waals surface area (Å²) in [6, 6.07) is 9.80. The summed E-state index contributed by atoms with van der Waals surface area (Å²) in [6.07, 6.45) is 6.22. The molecule has 1 aromatic carbocycles. The van der Waals surface area contributed by atoms with Crippen LogP contribution in [0.5, 0.6) is 0 Å². The van der Waals surface area contributed by atoms with Crippen molar-refractivity contribution < 1.29 is 14.3 Å². The highest BCUT2D eigenvalue weighted by Crippen LogP contribution is 2.36. The van der Waals surface area contributed by atoms with Gasteiger partial charge in [-0.05, 0) is 31.2 Å². The number of rotatable bonds is 4. The molecular weight excluding hydrogens is 328 g/mol. The van der Waals surface area contributed by atoms with E-state index in [2.05, 4.69) is 0 Å². The van der Waals surface area contributed by atoms with Gasteiger partial charge in [-0.2, -0.15) is 0 Å². The summed E-state index contributed by atoms with van der Waals surface area (Å²) >= 11 is 0. The number of benzene rings is 1. The van der Waals surface area contributed by atoms with E-state index in [4.69, 9.17) is 4.74 Å². The van der Waals surface area contributed by atoms with E-state index in [1.165, 1.54) is 4.90 Å². The van der Waals surface area contributed by atoms with Gasteiger partial charge in [-0.25, -0.2) is 4.79 Å². The molecule has 1 aliphatic carbocycles. The molecule has 3 fully saturated rings. The first-order valence-corrected chi connectivity index (χ1v) is 9.97. The Kier molecular flexibility index (Phi) is 5.25. The third-order valence-corrected chi connectivity index (χ3v) is 6.08. The second-order valence-corrected chi connectivity index (χ2v) is 7.89. The van der Waals surface area contributed by atoms with Crippen molar-refractivity contribution in [3.63, 3.8) is 0 Å². The average molecular weight is 356 g/mol. The van der Waals surface area contributed by atoms with E-state index >= 15 is 0 Å². The molecule has 3 aliphatic rings. The van der Waals surface area contributed by atoms with Gasteiger partial charge in [0.15, 0.2) is 0 Å². The summed E-state index contributed by atoms with van der Waals surface area (Å²) in [5, 5.41) is 0. The number of nitrogens with zero attached hydrogens (tertiary/aromatic N) is 2. The molecular formula is C21H28N2O3. The zero-order valence-corrected chi connectivity index (χ0v) is 15.3. The molecule has 1 saturated carbocycles. The minimum Gasteiger partial charge on any atom is -0.381 e. The largest absolute Gasteiger partial charge is 0.381 e. The van der Waals surface area contributed by atoms with Crippen LogP contribution >= 0.6 is 0 Å². The summed E-state index contributed by atoms with van der Waals surface area (Å²) in [7, 11) is 0. The molecule has 26 heavy (non-hydrogen) atoms. The normalized spacial score (nSPS) is 29.6. The van der Waals surface area contributed by atoms with Crippen molar-refractivity contribution in [3.05, 3.63) is 35.9 Å². The minimum absolute atomic E-state index is 0.0275. The highest BCUT2D eigenvalue weighted by Gasteiger charge is 2.47. The van der Waals surface area contributed by atoms with Gasteiger partial charge in [-0.1, -0.05) is 43.2 Å². The average Bonchev–Trinajstić information content (AvgIpc) is 2.70. The van der Waals surface area contributed by atoms with Gasteiger partial charge in [0.2, 0.25) is 5.91 Å². The van der Waals surface area contributed by atoms with Crippen LogP contribution in [0.1, 0.15) is 44.1 Å². The van der Waals surface area contributed by atoms with E-state index < -0.39 is 0 Å². The third kappa shape index (κ3) is 3.50. The van der Waals surface area contributed by atoms with Gasteiger partial charge >= 0.3 is 6.03 Å². The highest BCUT2D eigenvalue weighted by molar-refractivity contribution is 5.98. The maximum absolute atomic E-state index is 13.3. The lowest BCUT2D eigenvalue weighted by Crippen LogP contribution is -2.63. The molecule has 0 radical (unpaired) electrons. The van der Waals surface area contributed by atoms with Crippen molar-refractivity contribution in [2.75, 3.05) is 19.8 Å². The molecule has 5 nitrogen and oxygen atoms in total. The number of fused-ring (bicyclic) bond motifs is 1. The second-order valence-electron chi connectivity index (χ2n) is 7.89. The van der Waals surface area contributed by atoms with Crippen LogP contribution in [0.25, 0.3) is 0 Å². The number of urea groups is 1. The minimum atomic E-state index is -0.104. The Balaban J connectivity index is 1.56. The summed E-state index contributed by atoms with van der Waals surface area (Å²) in [5.74, 6) is 0.386. The fourth-order valence-electron chi connectivity index (χ4n) is 4.72. The lowest BCUT2D eigenvalue weighted by molar-refractivity contribution is -0.141. The molecule has 2 aliphatic heterocycles. The monoisotopic (exact) mass is 356 g/mol. The molecule has 3 atom stereocenters. The molecule has 4 rings (SSSR count). The van der Waals surface area contributed by atoms with Crippen LogP contribution in [0, 0.1) is 11.8 Å². The second kappa shape index (κ2) is 7.78. The summed E-state index contributed by atoms with van der Waals surface area (Å²) in [6.45, 7) is 2.65. The number of ether oxygens (including phenoxy) is 1. The fourth-order valence-corrected chi connectivity index (χ4v) is 4.72. The van der Waals surface area contributed by atoms with Crippen molar-refractivity contribution in [3.8, 4) is 0 Å². The van der Waals surface area contributed by atoms with E-state index in [1.54, 1.807) is 0 Å². The molecule has 1 aromatic rings. The van der Waals surface area contributed by atoms with Gasteiger partial charge in [0, 0.05) is 25.1 Å². The van der Waals surface area contributed by atoms with Gasteiger partial charge in [-0.15, -0.1) is 0 Å². The molecule has 0 bridgehead atoms. The Bertz CT molecular complexity index is 642. The Morgan fingerprint density at radius 2 is 1.81 bits per heavy atom. The Morgan fingerprint density at radius 1 is 1.00 bits per heavy atom. The number of carbonyl (C=O) groups is 2. The Labute approximate surface area is 155 Å². The van der Waals surface area contributed by atoms with Crippen molar-refractivity contribution in [1.82, 2.24) is 9.80 Å². The van der Waals surface area contributed by atoms with Crippen molar-refractivity contribution in [2.24, 2.45) is 11.8 Å².